The zero-order valence-corrected chi connectivity index (χ0v) is 12.9. The van der Waals surface area contributed by atoms with Gasteiger partial charge >= 0.3 is 0 Å². The summed E-state index contributed by atoms with van der Waals surface area (Å²) in [7, 11) is 0. The normalized spacial score (nSPS) is 29.3. The molecule has 0 radical (unpaired) electrons. The first kappa shape index (κ1) is 14.9. The SMILES string of the molecule is CC1CC(C)CC(C(N)c2ccc(F)c(F)c2Br)C1. The van der Waals surface area contributed by atoms with Gasteiger partial charge in [-0.05, 0) is 64.6 Å². The van der Waals surface area contributed by atoms with E-state index in [2.05, 4.69) is 29.8 Å². The lowest BCUT2D eigenvalue weighted by molar-refractivity contribution is 0.193. The molecule has 0 saturated heterocycles. The maximum atomic E-state index is 13.6. The van der Waals surface area contributed by atoms with E-state index in [0.717, 1.165) is 18.9 Å². The van der Waals surface area contributed by atoms with Crippen LogP contribution in [-0.4, -0.2) is 0 Å². The molecule has 1 saturated carbocycles. The van der Waals surface area contributed by atoms with E-state index in [4.69, 9.17) is 5.73 Å². The van der Waals surface area contributed by atoms with Gasteiger partial charge in [0.15, 0.2) is 11.6 Å². The van der Waals surface area contributed by atoms with Crippen LogP contribution >= 0.6 is 15.9 Å². The smallest absolute Gasteiger partial charge is 0.173 e. The Morgan fingerprint density at radius 2 is 1.74 bits per heavy atom. The number of hydrogen-bond donors (Lipinski definition) is 1. The third kappa shape index (κ3) is 3.16. The Balaban J connectivity index is 2.24. The van der Waals surface area contributed by atoms with Crippen molar-refractivity contribution in [2.24, 2.45) is 23.5 Å². The van der Waals surface area contributed by atoms with E-state index in [1.165, 1.54) is 6.42 Å². The van der Waals surface area contributed by atoms with Crippen LogP contribution in [0.4, 0.5) is 8.78 Å². The molecular weight excluding hydrogens is 312 g/mol. The predicted molar refractivity (Wildman–Crippen MR) is 76.7 cm³/mol. The Bertz CT molecular complexity index is 454. The van der Waals surface area contributed by atoms with Crippen LogP contribution in [0.1, 0.15) is 44.7 Å². The molecule has 0 spiro atoms. The monoisotopic (exact) mass is 331 g/mol. The Labute approximate surface area is 121 Å². The summed E-state index contributed by atoms with van der Waals surface area (Å²) in [6, 6.07) is 2.51. The number of halogens is 3. The van der Waals surface area contributed by atoms with Crippen molar-refractivity contribution in [3.63, 3.8) is 0 Å². The van der Waals surface area contributed by atoms with E-state index in [9.17, 15) is 8.78 Å². The highest BCUT2D eigenvalue weighted by Gasteiger charge is 2.30. The third-order valence-electron chi connectivity index (χ3n) is 4.15. The lowest BCUT2D eigenvalue weighted by atomic mass is 9.72. The minimum absolute atomic E-state index is 0.172. The van der Waals surface area contributed by atoms with Crippen molar-refractivity contribution in [3.8, 4) is 0 Å². The number of rotatable bonds is 2. The van der Waals surface area contributed by atoms with Crippen LogP contribution in [0.3, 0.4) is 0 Å². The van der Waals surface area contributed by atoms with Gasteiger partial charge in [-0.15, -0.1) is 0 Å². The molecule has 3 unspecified atom stereocenters. The van der Waals surface area contributed by atoms with Crippen molar-refractivity contribution in [2.75, 3.05) is 0 Å². The summed E-state index contributed by atoms with van der Waals surface area (Å²) < 4.78 is 26.9. The van der Waals surface area contributed by atoms with Crippen molar-refractivity contribution < 1.29 is 8.78 Å². The quantitative estimate of drug-likeness (QED) is 0.774. The summed E-state index contributed by atoms with van der Waals surface area (Å²) in [4.78, 5) is 0. The predicted octanol–water partition coefficient (Wildman–Crippen LogP) is 4.80. The maximum absolute atomic E-state index is 13.6. The number of benzene rings is 1. The number of hydrogen-bond acceptors (Lipinski definition) is 1. The molecule has 1 aromatic carbocycles. The Morgan fingerprint density at radius 1 is 1.16 bits per heavy atom. The van der Waals surface area contributed by atoms with E-state index in [0.29, 0.717) is 23.3 Å². The van der Waals surface area contributed by atoms with E-state index in [1.807, 2.05) is 0 Å². The summed E-state index contributed by atoms with van der Waals surface area (Å²) in [6.45, 7) is 4.46. The highest BCUT2D eigenvalue weighted by atomic mass is 79.9. The molecule has 0 heterocycles. The van der Waals surface area contributed by atoms with Gasteiger partial charge in [0.2, 0.25) is 0 Å². The fourth-order valence-electron chi connectivity index (χ4n) is 3.35. The van der Waals surface area contributed by atoms with Gasteiger partial charge in [-0.25, -0.2) is 8.78 Å². The lowest BCUT2D eigenvalue weighted by Gasteiger charge is -2.35. The summed E-state index contributed by atoms with van der Waals surface area (Å²) in [5, 5.41) is 0. The second-order valence-electron chi connectivity index (χ2n) is 5.97. The van der Waals surface area contributed by atoms with Crippen molar-refractivity contribution in [1.29, 1.82) is 0 Å². The summed E-state index contributed by atoms with van der Waals surface area (Å²) >= 11 is 3.13. The molecule has 1 aliphatic rings. The van der Waals surface area contributed by atoms with Crippen molar-refractivity contribution >= 4 is 15.9 Å². The van der Waals surface area contributed by atoms with Crippen LogP contribution in [-0.2, 0) is 0 Å². The fourth-order valence-corrected chi connectivity index (χ4v) is 3.94. The average Bonchev–Trinajstić information content (AvgIpc) is 2.34. The van der Waals surface area contributed by atoms with E-state index < -0.39 is 11.6 Å². The Kier molecular flexibility index (Phi) is 4.62. The zero-order chi connectivity index (χ0) is 14.2. The fraction of sp³-hybridized carbons (Fsp3) is 0.600. The minimum Gasteiger partial charge on any atom is -0.324 e. The molecule has 2 rings (SSSR count). The molecule has 1 aliphatic carbocycles. The largest absolute Gasteiger partial charge is 0.324 e. The maximum Gasteiger partial charge on any atom is 0.173 e. The molecule has 1 nitrogen and oxygen atoms in total. The highest BCUT2D eigenvalue weighted by molar-refractivity contribution is 9.10. The second kappa shape index (κ2) is 5.88. The first-order valence-corrected chi connectivity index (χ1v) is 7.58. The molecule has 0 amide bonds. The first-order chi connectivity index (χ1) is 8.90. The highest BCUT2D eigenvalue weighted by Crippen LogP contribution is 2.40. The van der Waals surface area contributed by atoms with Gasteiger partial charge < -0.3 is 5.73 Å². The lowest BCUT2D eigenvalue weighted by Crippen LogP contribution is -2.29. The Hall–Kier alpha value is -0.480. The van der Waals surface area contributed by atoms with Gasteiger partial charge in [0.1, 0.15) is 0 Å². The van der Waals surface area contributed by atoms with Gasteiger partial charge in [-0.1, -0.05) is 19.9 Å². The van der Waals surface area contributed by atoms with Crippen LogP contribution in [0.2, 0.25) is 0 Å². The first-order valence-electron chi connectivity index (χ1n) is 6.79. The molecular formula is C15H20BrF2N. The summed E-state index contributed by atoms with van der Waals surface area (Å²) in [6.07, 6.45) is 3.33. The van der Waals surface area contributed by atoms with E-state index in [1.54, 1.807) is 6.07 Å². The van der Waals surface area contributed by atoms with E-state index in [-0.39, 0.29) is 10.5 Å². The average molecular weight is 332 g/mol. The van der Waals surface area contributed by atoms with Gasteiger partial charge in [0.05, 0.1) is 4.47 Å². The van der Waals surface area contributed by atoms with Crippen molar-refractivity contribution in [2.45, 2.75) is 39.2 Å². The second-order valence-corrected chi connectivity index (χ2v) is 6.76. The molecule has 0 aliphatic heterocycles. The van der Waals surface area contributed by atoms with Gasteiger partial charge in [-0.2, -0.15) is 0 Å². The Morgan fingerprint density at radius 3 is 2.32 bits per heavy atom. The van der Waals surface area contributed by atoms with Crippen molar-refractivity contribution in [3.05, 3.63) is 33.8 Å². The van der Waals surface area contributed by atoms with Crippen LogP contribution in [0.5, 0.6) is 0 Å². The van der Waals surface area contributed by atoms with Crippen LogP contribution in [0.25, 0.3) is 0 Å². The standard InChI is InChI=1S/C15H20BrF2N/c1-8-5-9(2)7-10(6-8)15(19)11-3-4-12(17)14(18)13(11)16/h3-4,8-10,15H,5-7,19H2,1-2H3. The van der Waals surface area contributed by atoms with Crippen LogP contribution < -0.4 is 5.73 Å². The molecule has 1 fully saturated rings. The number of nitrogens with two attached hydrogens (primary N) is 1. The van der Waals surface area contributed by atoms with E-state index >= 15 is 0 Å². The van der Waals surface area contributed by atoms with Gasteiger partial charge in [0.25, 0.3) is 0 Å². The van der Waals surface area contributed by atoms with Crippen LogP contribution in [0, 0.1) is 29.4 Å². The molecule has 0 bridgehead atoms. The molecule has 106 valence electrons. The van der Waals surface area contributed by atoms with Gasteiger partial charge in [-0.3, -0.25) is 0 Å². The van der Waals surface area contributed by atoms with Crippen LogP contribution in [0.15, 0.2) is 16.6 Å². The molecule has 2 N–H and O–H groups in total. The molecule has 3 atom stereocenters. The molecule has 0 aromatic heterocycles. The topological polar surface area (TPSA) is 26.0 Å². The summed E-state index contributed by atoms with van der Waals surface area (Å²) in [5.74, 6) is -0.0642. The summed E-state index contributed by atoms with van der Waals surface area (Å²) in [5.41, 5.74) is 6.97. The van der Waals surface area contributed by atoms with Gasteiger partial charge in [0, 0.05) is 6.04 Å². The minimum atomic E-state index is -0.843. The molecule has 19 heavy (non-hydrogen) atoms. The van der Waals surface area contributed by atoms with Crippen molar-refractivity contribution in [1.82, 2.24) is 0 Å². The molecule has 1 aromatic rings. The zero-order valence-electron chi connectivity index (χ0n) is 11.3. The third-order valence-corrected chi connectivity index (χ3v) is 4.95. The molecule has 4 heteroatoms.